The van der Waals surface area contributed by atoms with Crippen molar-refractivity contribution in [2.24, 2.45) is 11.1 Å². The minimum Gasteiger partial charge on any atom is -0.258 e. The zero-order valence-corrected chi connectivity index (χ0v) is 9.41. The average Bonchev–Trinajstić information content (AvgIpc) is 2.15. The molecule has 0 aliphatic rings. The van der Waals surface area contributed by atoms with Gasteiger partial charge in [0.25, 0.3) is 0 Å². The maximum absolute atomic E-state index is 10.5. The summed E-state index contributed by atoms with van der Waals surface area (Å²) in [5, 5.41) is 4.73. The molecule has 1 atom stereocenters. The summed E-state index contributed by atoms with van der Waals surface area (Å²) in [4.78, 5) is 0. The van der Waals surface area contributed by atoms with Crippen LogP contribution in [0.2, 0.25) is 0 Å². The van der Waals surface area contributed by atoms with E-state index in [1.807, 2.05) is 37.3 Å². The SMILES string of the molecule is CC(COS(N)(=O)=O)Cc1ccccc1. The molecule has 0 amide bonds. The summed E-state index contributed by atoms with van der Waals surface area (Å²) in [5.74, 6) is 0.116. The summed E-state index contributed by atoms with van der Waals surface area (Å²) in [6, 6.07) is 9.82. The van der Waals surface area contributed by atoms with E-state index >= 15 is 0 Å². The van der Waals surface area contributed by atoms with Gasteiger partial charge in [-0.1, -0.05) is 37.3 Å². The lowest BCUT2D eigenvalue weighted by atomic mass is 10.0. The van der Waals surface area contributed by atoms with Crippen LogP contribution < -0.4 is 5.14 Å². The second-order valence-corrected chi connectivity index (χ2v) is 4.79. The Balaban J connectivity index is 2.40. The molecule has 0 heterocycles. The van der Waals surface area contributed by atoms with Crippen molar-refractivity contribution in [1.82, 2.24) is 0 Å². The van der Waals surface area contributed by atoms with Gasteiger partial charge in [0.1, 0.15) is 0 Å². The fraction of sp³-hybridized carbons (Fsp3) is 0.400. The van der Waals surface area contributed by atoms with Gasteiger partial charge in [-0.05, 0) is 17.9 Å². The van der Waals surface area contributed by atoms with E-state index in [1.165, 1.54) is 0 Å². The van der Waals surface area contributed by atoms with E-state index in [9.17, 15) is 8.42 Å². The van der Waals surface area contributed by atoms with Crippen LogP contribution in [0.1, 0.15) is 12.5 Å². The van der Waals surface area contributed by atoms with Gasteiger partial charge in [0.15, 0.2) is 0 Å². The van der Waals surface area contributed by atoms with E-state index in [0.717, 1.165) is 12.0 Å². The Kier molecular flexibility index (Phi) is 4.26. The Morgan fingerprint density at radius 2 is 1.93 bits per heavy atom. The molecule has 0 spiro atoms. The summed E-state index contributed by atoms with van der Waals surface area (Å²) >= 11 is 0. The fourth-order valence-electron chi connectivity index (χ4n) is 1.29. The summed E-state index contributed by atoms with van der Waals surface area (Å²) in [5.41, 5.74) is 1.16. The molecule has 2 N–H and O–H groups in total. The van der Waals surface area contributed by atoms with E-state index < -0.39 is 10.3 Å². The molecule has 0 aliphatic heterocycles. The normalized spacial score (nSPS) is 13.7. The van der Waals surface area contributed by atoms with Crippen LogP contribution >= 0.6 is 0 Å². The van der Waals surface area contributed by atoms with Gasteiger partial charge in [-0.3, -0.25) is 4.18 Å². The highest BCUT2D eigenvalue weighted by Gasteiger charge is 2.08. The monoisotopic (exact) mass is 229 g/mol. The molecule has 1 aromatic carbocycles. The molecule has 0 bridgehead atoms. The molecule has 0 fully saturated rings. The number of hydrogen-bond donors (Lipinski definition) is 1. The van der Waals surface area contributed by atoms with Crippen LogP contribution in [0.3, 0.4) is 0 Å². The number of benzene rings is 1. The second-order valence-electron chi connectivity index (χ2n) is 3.57. The third-order valence-corrected chi connectivity index (χ3v) is 2.41. The third kappa shape index (κ3) is 5.51. The van der Waals surface area contributed by atoms with Crippen molar-refractivity contribution in [3.05, 3.63) is 35.9 Å². The lowest BCUT2D eigenvalue weighted by molar-refractivity contribution is 0.264. The number of nitrogens with two attached hydrogens (primary N) is 1. The predicted molar refractivity (Wildman–Crippen MR) is 58.4 cm³/mol. The zero-order valence-electron chi connectivity index (χ0n) is 8.59. The van der Waals surface area contributed by atoms with Gasteiger partial charge in [-0.25, -0.2) is 5.14 Å². The molecule has 1 rings (SSSR count). The Labute approximate surface area is 90.3 Å². The largest absolute Gasteiger partial charge is 0.333 e. The van der Waals surface area contributed by atoms with Gasteiger partial charge < -0.3 is 0 Å². The number of rotatable bonds is 5. The highest BCUT2D eigenvalue weighted by Crippen LogP contribution is 2.08. The lowest BCUT2D eigenvalue weighted by Crippen LogP contribution is -2.20. The molecule has 5 heteroatoms. The van der Waals surface area contributed by atoms with Gasteiger partial charge in [0.2, 0.25) is 0 Å². The van der Waals surface area contributed by atoms with Gasteiger partial charge in [-0.15, -0.1) is 0 Å². The first kappa shape index (κ1) is 12.2. The van der Waals surface area contributed by atoms with Crippen molar-refractivity contribution < 1.29 is 12.6 Å². The molecule has 1 aromatic rings. The Morgan fingerprint density at radius 1 is 1.33 bits per heavy atom. The quantitative estimate of drug-likeness (QED) is 0.821. The summed E-state index contributed by atoms with van der Waals surface area (Å²) in [7, 11) is -3.81. The molecular weight excluding hydrogens is 214 g/mol. The Morgan fingerprint density at radius 3 is 2.47 bits per heavy atom. The first-order valence-corrected chi connectivity index (χ1v) is 6.15. The number of hydrogen-bond acceptors (Lipinski definition) is 3. The Hall–Kier alpha value is -0.910. The van der Waals surface area contributed by atoms with E-state index in [0.29, 0.717) is 0 Å². The third-order valence-electron chi connectivity index (χ3n) is 1.94. The van der Waals surface area contributed by atoms with Crippen LogP contribution in [0.5, 0.6) is 0 Å². The molecule has 0 aliphatic carbocycles. The van der Waals surface area contributed by atoms with Gasteiger partial charge in [0.05, 0.1) is 6.61 Å². The van der Waals surface area contributed by atoms with Crippen molar-refractivity contribution >= 4 is 10.3 Å². The molecule has 0 saturated carbocycles. The lowest BCUT2D eigenvalue weighted by Gasteiger charge is -2.10. The van der Waals surface area contributed by atoms with Crippen LogP contribution in [0.4, 0.5) is 0 Å². The first-order chi connectivity index (χ1) is 6.97. The van der Waals surface area contributed by atoms with Crippen LogP contribution in [-0.2, 0) is 20.9 Å². The predicted octanol–water partition coefficient (Wildman–Crippen LogP) is 1.09. The Bertz CT molecular complexity index is 388. The zero-order chi connectivity index (χ0) is 11.3. The molecule has 0 saturated heterocycles. The molecule has 4 nitrogen and oxygen atoms in total. The molecular formula is C10H15NO3S. The molecule has 0 radical (unpaired) electrons. The van der Waals surface area contributed by atoms with Crippen molar-refractivity contribution in [1.29, 1.82) is 0 Å². The second kappa shape index (κ2) is 5.25. The molecule has 84 valence electrons. The maximum Gasteiger partial charge on any atom is 0.333 e. The van der Waals surface area contributed by atoms with Crippen molar-refractivity contribution in [2.75, 3.05) is 6.61 Å². The van der Waals surface area contributed by atoms with E-state index in [2.05, 4.69) is 4.18 Å². The highest BCUT2D eigenvalue weighted by molar-refractivity contribution is 7.84. The van der Waals surface area contributed by atoms with Crippen LogP contribution in [-0.4, -0.2) is 15.0 Å². The first-order valence-electron chi connectivity index (χ1n) is 4.68. The highest BCUT2D eigenvalue weighted by atomic mass is 32.2. The smallest absolute Gasteiger partial charge is 0.258 e. The van der Waals surface area contributed by atoms with Crippen LogP contribution in [0.25, 0.3) is 0 Å². The maximum atomic E-state index is 10.5. The summed E-state index contributed by atoms with van der Waals surface area (Å²) in [6.45, 7) is 2.03. The summed E-state index contributed by atoms with van der Waals surface area (Å²) < 4.78 is 25.6. The topological polar surface area (TPSA) is 69.4 Å². The van der Waals surface area contributed by atoms with Crippen LogP contribution in [0, 0.1) is 5.92 Å². The van der Waals surface area contributed by atoms with Crippen molar-refractivity contribution in [2.45, 2.75) is 13.3 Å². The fourth-order valence-corrected chi connectivity index (χ4v) is 1.71. The van der Waals surface area contributed by atoms with Crippen molar-refractivity contribution in [3.8, 4) is 0 Å². The van der Waals surface area contributed by atoms with Crippen LogP contribution in [0.15, 0.2) is 30.3 Å². The molecule has 0 aromatic heterocycles. The van der Waals surface area contributed by atoms with Gasteiger partial charge in [0, 0.05) is 0 Å². The van der Waals surface area contributed by atoms with Gasteiger partial charge >= 0.3 is 10.3 Å². The van der Waals surface area contributed by atoms with E-state index in [4.69, 9.17) is 5.14 Å². The average molecular weight is 229 g/mol. The molecule has 1 unspecified atom stereocenters. The minimum atomic E-state index is -3.81. The van der Waals surface area contributed by atoms with E-state index in [1.54, 1.807) is 0 Å². The molecule has 15 heavy (non-hydrogen) atoms. The van der Waals surface area contributed by atoms with Crippen molar-refractivity contribution in [3.63, 3.8) is 0 Å². The summed E-state index contributed by atoms with van der Waals surface area (Å²) in [6.07, 6.45) is 0.774. The van der Waals surface area contributed by atoms with E-state index in [-0.39, 0.29) is 12.5 Å². The minimum absolute atomic E-state index is 0.116. The van der Waals surface area contributed by atoms with Gasteiger partial charge in [-0.2, -0.15) is 8.42 Å². The standard InChI is InChI=1S/C10H15NO3S/c1-9(8-14-15(11,12)13)7-10-5-3-2-4-6-10/h2-6,9H,7-8H2,1H3,(H2,11,12,13).